The fourth-order valence-corrected chi connectivity index (χ4v) is 5.14. The summed E-state index contributed by atoms with van der Waals surface area (Å²) in [5, 5.41) is 12.9. The molecule has 7 nitrogen and oxygen atoms in total. The number of carbonyl (C=O) groups excluding carboxylic acids is 2. The van der Waals surface area contributed by atoms with Crippen LogP contribution in [0.5, 0.6) is 0 Å². The predicted molar refractivity (Wildman–Crippen MR) is 135 cm³/mol. The van der Waals surface area contributed by atoms with Gasteiger partial charge in [0.05, 0.1) is 21.6 Å². The maximum atomic E-state index is 13.5. The number of halogens is 6. The summed E-state index contributed by atoms with van der Waals surface area (Å²) >= 11 is 0.870. The van der Waals surface area contributed by atoms with Gasteiger partial charge in [-0.25, -0.2) is 0 Å². The predicted octanol–water partition coefficient (Wildman–Crippen LogP) is 4.90. The Morgan fingerprint density at radius 3 is 2.31 bits per heavy atom. The van der Waals surface area contributed by atoms with Gasteiger partial charge in [0.25, 0.3) is 0 Å². The van der Waals surface area contributed by atoms with Gasteiger partial charge in [-0.1, -0.05) is 12.1 Å². The normalized spacial score (nSPS) is 19.8. The van der Waals surface area contributed by atoms with Crippen molar-refractivity contribution in [1.82, 2.24) is 15.1 Å². The van der Waals surface area contributed by atoms with Gasteiger partial charge in [-0.15, -0.1) is 0 Å². The van der Waals surface area contributed by atoms with E-state index in [1.807, 2.05) is 6.08 Å². The maximum absolute atomic E-state index is 13.5. The summed E-state index contributed by atoms with van der Waals surface area (Å²) in [6.07, 6.45) is -6.94. The van der Waals surface area contributed by atoms with E-state index in [9.17, 15) is 41.0 Å². The molecule has 1 saturated heterocycles. The van der Waals surface area contributed by atoms with E-state index < -0.39 is 46.3 Å². The largest absolute Gasteiger partial charge is 0.416 e. The fourth-order valence-electron chi connectivity index (χ4n) is 4.35. The van der Waals surface area contributed by atoms with Crippen LogP contribution in [0.25, 0.3) is 0 Å². The lowest BCUT2D eigenvalue weighted by Crippen LogP contribution is -2.57. The van der Waals surface area contributed by atoms with Crippen LogP contribution in [0.15, 0.2) is 34.2 Å². The molecule has 216 valence electrons. The quantitative estimate of drug-likeness (QED) is 0.466. The number of amidine groups is 1. The Morgan fingerprint density at radius 2 is 1.79 bits per heavy atom. The Hall–Kier alpha value is -2.58. The van der Waals surface area contributed by atoms with E-state index in [2.05, 4.69) is 10.3 Å². The number of hydrogen-bond donors (Lipinski definition) is 2. The molecule has 3 rings (SSSR count). The summed E-state index contributed by atoms with van der Waals surface area (Å²) in [7, 11) is 3.07. The minimum atomic E-state index is -4.93. The van der Waals surface area contributed by atoms with Gasteiger partial charge in [-0.05, 0) is 75.2 Å². The number of rotatable bonds is 6. The first-order chi connectivity index (χ1) is 17.9. The van der Waals surface area contributed by atoms with E-state index in [-0.39, 0.29) is 29.9 Å². The second-order valence-corrected chi connectivity index (χ2v) is 11.3. The molecule has 2 heterocycles. The molecule has 2 aliphatic rings. The van der Waals surface area contributed by atoms with Crippen molar-refractivity contribution in [3.8, 4) is 0 Å². The average molecular weight is 581 g/mol. The Balaban J connectivity index is 1.70. The van der Waals surface area contributed by atoms with Crippen molar-refractivity contribution in [2.24, 2.45) is 10.9 Å². The Labute approximate surface area is 226 Å². The topological polar surface area (TPSA) is 85.2 Å². The van der Waals surface area contributed by atoms with E-state index in [0.717, 1.165) is 17.8 Å². The van der Waals surface area contributed by atoms with Gasteiger partial charge in [-0.3, -0.25) is 14.5 Å². The van der Waals surface area contributed by atoms with Gasteiger partial charge >= 0.3 is 17.6 Å². The molecule has 0 aliphatic carbocycles. The molecule has 2 N–H and O–H groups in total. The second kappa shape index (κ2) is 11.5. The summed E-state index contributed by atoms with van der Waals surface area (Å²) in [6.45, 7) is 3.53. The van der Waals surface area contributed by atoms with Crippen LogP contribution in [0.1, 0.15) is 43.4 Å². The molecule has 0 saturated carbocycles. The highest BCUT2D eigenvalue weighted by molar-refractivity contribution is 8.18. The monoisotopic (exact) mass is 580 g/mol. The third-order valence-electron chi connectivity index (χ3n) is 6.46. The molecule has 0 aromatic heterocycles. The molecule has 1 fully saturated rings. The first-order valence-electron chi connectivity index (χ1n) is 12.1. The zero-order chi connectivity index (χ0) is 29.3. The molecule has 2 amide bonds. The number of allylic oxidation sites excluding steroid dienone is 1. The van der Waals surface area contributed by atoms with Gasteiger partial charge in [0, 0.05) is 20.6 Å². The third-order valence-corrected chi connectivity index (χ3v) is 7.28. The van der Waals surface area contributed by atoms with Crippen LogP contribution in [0, 0.1) is 5.92 Å². The fraction of sp³-hybridized carbons (Fsp3) is 0.560. The van der Waals surface area contributed by atoms with Gasteiger partial charge in [0.2, 0.25) is 5.91 Å². The number of carbonyl (C=O) groups is 2. The lowest BCUT2D eigenvalue weighted by atomic mass is 9.94. The van der Waals surface area contributed by atoms with E-state index >= 15 is 0 Å². The number of likely N-dealkylation sites (N-methyl/N-ethyl adjacent to an activating group) is 1. The Morgan fingerprint density at radius 1 is 1.18 bits per heavy atom. The number of thioether (sulfide) groups is 1. The molecule has 2 aliphatic heterocycles. The standard InChI is InChI=1S/C25H30F6N4O3S/c1-23(2,38)19(21(36)34(3)4)32-20-18(39-22(37)33-20)11-14-7-9-35(10-8-14)13-15-5-6-16(24(26,27)28)12-17(15)25(29,30)31/h5-6,11-12,14,19,38H,7-10,13H2,1-4H3,(H,32,33,37)/b18-11-/t19-/m1/s1. The smallest absolute Gasteiger partial charge is 0.388 e. The first kappa shape index (κ1) is 31.0. The van der Waals surface area contributed by atoms with E-state index in [1.54, 1.807) is 4.90 Å². The number of nitrogens with one attached hydrogen (secondary N) is 1. The van der Waals surface area contributed by atoms with Crippen molar-refractivity contribution in [2.75, 3.05) is 27.2 Å². The lowest BCUT2D eigenvalue weighted by Gasteiger charge is -2.32. The zero-order valence-corrected chi connectivity index (χ0v) is 22.6. The molecule has 1 aromatic carbocycles. The number of hydrogen-bond acceptors (Lipinski definition) is 6. The van der Waals surface area contributed by atoms with Crippen molar-refractivity contribution < 1.29 is 41.0 Å². The molecule has 0 unspecified atom stereocenters. The number of amides is 2. The zero-order valence-electron chi connectivity index (χ0n) is 21.8. The van der Waals surface area contributed by atoms with Crippen molar-refractivity contribution in [3.05, 3.63) is 45.9 Å². The maximum Gasteiger partial charge on any atom is 0.416 e. The minimum absolute atomic E-state index is 0.0542. The highest BCUT2D eigenvalue weighted by atomic mass is 32.2. The summed E-state index contributed by atoms with van der Waals surface area (Å²) in [5.74, 6) is -0.306. The molecule has 39 heavy (non-hydrogen) atoms. The molecule has 1 atom stereocenters. The molecule has 0 radical (unpaired) electrons. The van der Waals surface area contributed by atoms with Gasteiger partial charge in [0.1, 0.15) is 11.9 Å². The molecule has 0 spiro atoms. The highest BCUT2D eigenvalue weighted by Crippen LogP contribution is 2.38. The molecular formula is C25H30F6N4O3S. The summed E-state index contributed by atoms with van der Waals surface area (Å²) in [6, 6.07) is 0.612. The average Bonchev–Trinajstić information content (AvgIpc) is 3.14. The van der Waals surface area contributed by atoms with E-state index in [1.165, 1.54) is 32.8 Å². The highest BCUT2D eigenvalue weighted by Gasteiger charge is 2.39. The van der Waals surface area contributed by atoms with Crippen molar-refractivity contribution in [3.63, 3.8) is 0 Å². The van der Waals surface area contributed by atoms with Crippen molar-refractivity contribution in [2.45, 2.75) is 57.2 Å². The van der Waals surface area contributed by atoms with Gasteiger partial charge in [-0.2, -0.15) is 31.3 Å². The van der Waals surface area contributed by atoms with Crippen LogP contribution in [0.3, 0.4) is 0 Å². The van der Waals surface area contributed by atoms with Gasteiger partial charge < -0.3 is 15.3 Å². The SMILES string of the molecule is CN(C)C(=O)[C@@H](NC1=NC(=O)S/C1=C\C1CCN(Cc2ccc(C(F)(F)F)cc2C(F)(F)F)CC1)C(C)(C)O. The molecule has 1 aromatic rings. The van der Waals surface area contributed by atoms with Crippen LogP contribution in [-0.4, -0.2) is 70.7 Å². The number of aliphatic hydroxyl groups is 1. The lowest BCUT2D eigenvalue weighted by molar-refractivity contribution is -0.143. The van der Waals surface area contributed by atoms with Gasteiger partial charge in [0.15, 0.2) is 0 Å². The molecule has 0 bridgehead atoms. The first-order valence-corrected chi connectivity index (χ1v) is 12.9. The summed E-state index contributed by atoms with van der Waals surface area (Å²) in [4.78, 5) is 32.1. The van der Waals surface area contributed by atoms with E-state index in [0.29, 0.717) is 36.9 Å². The molecule has 14 heteroatoms. The number of aliphatic imine (C=N–C) groups is 1. The van der Waals surface area contributed by atoms with Crippen LogP contribution >= 0.6 is 11.8 Å². The Bertz CT molecular complexity index is 1150. The van der Waals surface area contributed by atoms with Crippen LogP contribution in [0.2, 0.25) is 0 Å². The van der Waals surface area contributed by atoms with Crippen LogP contribution in [0.4, 0.5) is 31.1 Å². The number of alkyl halides is 6. The summed E-state index contributed by atoms with van der Waals surface area (Å²) in [5.41, 5.74) is -4.35. The van der Waals surface area contributed by atoms with Crippen LogP contribution in [-0.2, 0) is 23.7 Å². The number of piperidine rings is 1. The third kappa shape index (κ3) is 7.98. The summed E-state index contributed by atoms with van der Waals surface area (Å²) < 4.78 is 79.4. The number of likely N-dealkylation sites (tertiary alicyclic amines) is 1. The number of nitrogens with zero attached hydrogens (tertiary/aromatic N) is 3. The number of benzene rings is 1. The van der Waals surface area contributed by atoms with Crippen molar-refractivity contribution >= 4 is 28.7 Å². The Kier molecular flexibility index (Phi) is 9.12. The van der Waals surface area contributed by atoms with Crippen LogP contribution < -0.4 is 5.32 Å². The minimum Gasteiger partial charge on any atom is -0.388 e. The van der Waals surface area contributed by atoms with Crippen molar-refractivity contribution in [1.29, 1.82) is 0 Å². The van der Waals surface area contributed by atoms with E-state index in [4.69, 9.17) is 0 Å². The molecular weight excluding hydrogens is 550 g/mol. The second-order valence-electron chi connectivity index (χ2n) is 10.3.